The van der Waals surface area contributed by atoms with Crippen molar-refractivity contribution in [3.05, 3.63) is 40.8 Å². The number of nitrogens with zero attached hydrogens (tertiary/aromatic N) is 1. The van der Waals surface area contributed by atoms with E-state index >= 15 is 0 Å². The van der Waals surface area contributed by atoms with Crippen molar-refractivity contribution in [2.24, 2.45) is 0 Å². The third-order valence-corrected chi connectivity index (χ3v) is 5.27. The topological polar surface area (TPSA) is 89.3 Å². The lowest BCUT2D eigenvalue weighted by molar-refractivity contribution is -0.115. The van der Waals surface area contributed by atoms with Crippen LogP contribution in [0.1, 0.15) is 12.6 Å². The Morgan fingerprint density at radius 1 is 1.41 bits per heavy atom. The summed E-state index contributed by atoms with van der Waals surface area (Å²) in [5.74, 6) is -1.49. The molecule has 0 aliphatic heterocycles. The van der Waals surface area contributed by atoms with E-state index < -0.39 is 26.8 Å². The van der Waals surface area contributed by atoms with Gasteiger partial charge in [-0.15, -0.1) is 0 Å². The predicted molar refractivity (Wildman–Crippen MR) is 77.9 cm³/mol. The summed E-state index contributed by atoms with van der Waals surface area (Å²) in [7, 11) is -4.02. The molecule has 22 heavy (non-hydrogen) atoms. The minimum atomic E-state index is -4.02. The molecular weight excluding hydrogens is 335 g/mol. The van der Waals surface area contributed by atoms with Gasteiger partial charge >= 0.3 is 0 Å². The number of carbonyl (C=O) groups is 1. The second kappa shape index (κ2) is 6.05. The summed E-state index contributed by atoms with van der Waals surface area (Å²) in [4.78, 5) is 11.8. The summed E-state index contributed by atoms with van der Waals surface area (Å²) in [5, 5.41) is 4.13. The van der Waals surface area contributed by atoms with Crippen LogP contribution < -0.4 is 5.32 Å². The van der Waals surface area contributed by atoms with Gasteiger partial charge < -0.3 is 4.52 Å². The van der Waals surface area contributed by atoms with Crippen LogP contribution >= 0.6 is 11.6 Å². The minimum Gasteiger partial charge on any atom is -0.338 e. The van der Waals surface area contributed by atoms with Crippen LogP contribution in [0.4, 0.5) is 10.3 Å². The molecule has 1 aromatic heterocycles. The van der Waals surface area contributed by atoms with Crippen molar-refractivity contribution in [1.82, 2.24) is 5.16 Å². The lowest BCUT2D eigenvalue weighted by Crippen LogP contribution is -2.32. The molecule has 2 rings (SSSR count). The minimum absolute atomic E-state index is 0.0432. The summed E-state index contributed by atoms with van der Waals surface area (Å²) in [5.41, 5.74) is 0.538. The average Bonchev–Trinajstić information content (AvgIpc) is 2.86. The number of sulfone groups is 1. The Hall–Kier alpha value is -1.93. The second-order valence-electron chi connectivity index (χ2n) is 4.58. The number of hydrogen-bond donors (Lipinski definition) is 1. The fourth-order valence-electron chi connectivity index (χ4n) is 1.64. The molecule has 1 N–H and O–H groups in total. The molecule has 2 aromatic rings. The number of halogens is 2. The maximum atomic E-state index is 13.1. The highest BCUT2D eigenvalue weighted by Gasteiger charge is 2.31. The van der Waals surface area contributed by atoms with Gasteiger partial charge in [0.2, 0.25) is 11.8 Å². The Kier molecular flexibility index (Phi) is 4.52. The first-order valence-corrected chi connectivity index (χ1v) is 8.07. The number of rotatable bonds is 4. The highest BCUT2D eigenvalue weighted by Crippen LogP contribution is 2.23. The largest absolute Gasteiger partial charge is 0.338 e. The summed E-state index contributed by atoms with van der Waals surface area (Å²) in [6.07, 6.45) is 0. The molecule has 1 aromatic carbocycles. The van der Waals surface area contributed by atoms with Gasteiger partial charge in [0, 0.05) is 6.07 Å². The molecule has 118 valence electrons. The van der Waals surface area contributed by atoms with Crippen molar-refractivity contribution in [3.8, 4) is 0 Å². The zero-order valence-electron chi connectivity index (χ0n) is 11.6. The third kappa shape index (κ3) is 3.28. The number of hydrogen-bond acceptors (Lipinski definition) is 5. The van der Waals surface area contributed by atoms with E-state index in [2.05, 4.69) is 10.5 Å². The molecule has 0 bridgehead atoms. The molecule has 0 spiro atoms. The zero-order valence-corrected chi connectivity index (χ0v) is 13.2. The van der Waals surface area contributed by atoms with Gasteiger partial charge in [-0.3, -0.25) is 10.1 Å². The van der Waals surface area contributed by atoms with Crippen LogP contribution in [0.2, 0.25) is 5.02 Å². The number of benzene rings is 1. The van der Waals surface area contributed by atoms with Crippen molar-refractivity contribution in [3.63, 3.8) is 0 Å². The van der Waals surface area contributed by atoms with Crippen LogP contribution in [0.3, 0.4) is 0 Å². The van der Waals surface area contributed by atoms with Gasteiger partial charge in [0.25, 0.3) is 0 Å². The normalized spacial score (nSPS) is 12.9. The van der Waals surface area contributed by atoms with Gasteiger partial charge in [-0.1, -0.05) is 16.8 Å². The molecule has 1 atom stereocenters. The van der Waals surface area contributed by atoms with Gasteiger partial charge in [0.05, 0.1) is 15.6 Å². The van der Waals surface area contributed by atoms with Gasteiger partial charge in [-0.2, -0.15) is 0 Å². The molecule has 0 aliphatic rings. The summed E-state index contributed by atoms with van der Waals surface area (Å²) in [6, 6.07) is 4.40. The Bertz CT molecular complexity index is 819. The lowest BCUT2D eigenvalue weighted by Gasteiger charge is -2.12. The number of anilines is 1. The number of aromatic nitrogens is 1. The van der Waals surface area contributed by atoms with Crippen LogP contribution in [0.25, 0.3) is 0 Å². The first kappa shape index (κ1) is 16.4. The van der Waals surface area contributed by atoms with E-state index in [1.807, 2.05) is 0 Å². The maximum Gasteiger partial charge on any atom is 0.245 e. The van der Waals surface area contributed by atoms with Crippen LogP contribution in [-0.4, -0.2) is 24.7 Å². The maximum absolute atomic E-state index is 13.1. The Morgan fingerprint density at radius 2 is 2.09 bits per heavy atom. The Labute approximate surface area is 131 Å². The van der Waals surface area contributed by atoms with Gasteiger partial charge in [-0.25, -0.2) is 12.8 Å². The SMILES string of the molecule is Cc1cc(NC(=O)[C@H](C)S(=O)(=O)c2ccc(F)c(Cl)c2)on1. The van der Waals surface area contributed by atoms with E-state index in [9.17, 15) is 17.6 Å². The van der Waals surface area contributed by atoms with Gasteiger partial charge in [-0.05, 0) is 32.0 Å². The molecule has 0 unspecified atom stereocenters. The predicted octanol–water partition coefficient (Wildman–Crippen LogP) is 2.58. The van der Waals surface area contributed by atoms with E-state index in [4.69, 9.17) is 16.1 Å². The van der Waals surface area contributed by atoms with Crippen molar-refractivity contribution in [2.75, 3.05) is 5.32 Å². The highest BCUT2D eigenvalue weighted by molar-refractivity contribution is 7.92. The van der Waals surface area contributed by atoms with E-state index in [0.717, 1.165) is 18.2 Å². The number of carbonyl (C=O) groups excluding carboxylic acids is 1. The number of nitrogens with one attached hydrogen (secondary N) is 1. The molecular formula is C13H12ClFN2O4S. The second-order valence-corrected chi connectivity index (χ2v) is 7.26. The molecule has 0 radical (unpaired) electrons. The molecule has 0 saturated carbocycles. The highest BCUT2D eigenvalue weighted by atomic mass is 35.5. The van der Waals surface area contributed by atoms with Crippen molar-refractivity contribution < 1.29 is 22.1 Å². The number of aryl methyl sites for hydroxylation is 1. The van der Waals surface area contributed by atoms with Crippen LogP contribution in [-0.2, 0) is 14.6 Å². The third-order valence-electron chi connectivity index (χ3n) is 2.93. The molecule has 0 saturated heterocycles. The average molecular weight is 347 g/mol. The molecule has 0 fully saturated rings. The zero-order chi connectivity index (χ0) is 16.5. The lowest BCUT2D eigenvalue weighted by atomic mass is 10.3. The van der Waals surface area contributed by atoms with Crippen LogP contribution in [0.5, 0.6) is 0 Å². The molecule has 1 heterocycles. The standard InChI is InChI=1S/C13H12ClFN2O4S/c1-7-5-12(21-17-7)16-13(18)8(2)22(19,20)9-3-4-11(15)10(14)6-9/h3-6,8H,1-2H3,(H,16,18)/t8-/m0/s1. The first-order chi connectivity index (χ1) is 10.2. The summed E-state index contributed by atoms with van der Waals surface area (Å²) >= 11 is 5.57. The van der Waals surface area contributed by atoms with Gasteiger partial charge in [0.1, 0.15) is 11.1 Å². The monoisotopic (exact) mass is 346 g/mol. The molecule has 9 heteroatoms. The Morgan fingerprint density at radius 3 is 2.64 bits per heavy atom. The molecule has 6 nitrogen and oxygen atoms in total. The fraction of sp³-hybridized carbons (Fsp3) is 0.231. The number of amides is 1. The van der Waals surface area contributed by atoms with E-state index in [1.165, 1.54) is 13.0 Å². The first-order valence-electron chi connectivity index (χ1n) is 6.15. The summed E-state index contributed by atoms with van der Waals surface area (Å²) < 4.78 is 42.6. The molecule has 0 aliphatic carbocycles. The van der Waals surface area contributed by atoms with Crippen molar-refractivity contribution in [1.29, 1.82) is 0 Å². The quantitative estimate of drug-likeness (QED) is 0.859. The van der Waals surface area contributed by atoms with E-state index in [1.54, 1.807) is 6.92 Å². The van der Waals surface area contributed by atoms with E-state index in [0.29, 0.717) is 5.69 Å². The van der Waals surface area contributed by atoms with Crippen molar-refractivity contribution in [2.45, 2.75) is 24.0 Å². The van der Waals surface area contributed by atoms with Crippen LogP contribution in [0.15, 0.2) is 33.7 Å². The smallest absolute Gasteiger partial charge is 0.245 e. The summed E-state index contributed by atoms with van der Waals surface area (Å²) in [6.45, 7) is 2.87. The van der Waals surface area contributed by atoms with E-state index in [-0.39, 0.29) is 15.8 Å². The Balaban J connectivity index is 2.24. The molecule has 1 amide bonds. The fourth-order valence-corrected chi connectivity index (χ4v) is 3.18. The van der Waals surface area contributed by atoms with Gasteiger partial charge in [0.15, 0.2) is 9.84 Å². The van der Waals surface area contributed by atoms with Crippen LogP contribution in [0, 0.1) is 12.7 Å². The van der Waals surface area contributed by atoms with Crippen molar-refractivity contribution >= 4 is 33.2 Å².